The van der Waals surface area contributed by atoms with Crippen LogP contribution in [0.5, 0.6) is 0 Å². The van der Waals surface area contributed by atoms with Crippen LogP contribution >= 0.6 is 0 Å². The molecule has 3 aromatic carbocycles. The largest absolute Gasteiger partial charge is 0.416 e. The number of nitrogens with zero attached hydrogens (tertiary/aromatic N) is 2. The molecule has 0 radical (unpaired) electrons. The Morgan fingerprint density at radius 2 is 1.53 bits per heavy atom. The first kappa shape index (κ1) is 25.6. The third kappa shape index (κ3) is 5.49. The number of rotatable bonds is 5. The summed E-state index contributed by atoms with van der Waals surface area (Å²) < 4.78 is 93.8. The van der Waals surface area contributed by atoms with Gasteiger partial charge in [0.15, 0.2) is 0 Å². The fraction of sp³-hybridized carbons (Fsp3) is 0.208. The molecule has 36 heavy (non-hydrogen) atoms. The summed E-state index contributed by atoms with van der Waals surface area (Å²) in [6.07, 6.45) is -4.49. The molecular weight excluding hydrogens is 505 g/mol. The van der Waals surface area contributed by atoms with Crippen LogP contribution in [0.3, 0.4) is 0 Å². The Kier molecular flexibility index (Phi) is 7.01. The summed E-state index contributed by atoms with van der Waals surface area (Å²) in [7, 11) is -4.09. The van der Waals surface area contributed by atoms with Crippen LogP contribution in [-0.4, -0.2) is 44.8 Å². The highest BCUT2D eigenvalue weighted by Gasteiger charge is 2.32. The van der Waals surface area contributed by atoms with Crippen molar-refractivity contribution in [1.82, 2.24) is 4.31 Å². The summed E-state index contributed by atoms with van der Waals surface area (Å²) in [4.78, 5) is 13.6. The van der Waals surface area contributed by atoms with Gasteiger partial charge in [-0.1, -0.05) is 6.07 Å². The van der Waals surface area contributed by atoms with Gasteiger partial charge in [-0.05, 0) is 60.7 Å². The molecule has 1 saturated heterocycles. The van der Waals surface area contributed by atoms with E-state index in [4.69, 9.17) is 0 Å². The number of sulfonamides is 1. The number of hydrogen-bond acceptors (Lipinski definition) is 4. The van der Waals surface area contributed by atoms with Crippen molar-refractivity contribution >= 4 is 27.3 Å². The Balaban J connectivity index is 1.44. The normalized spacial score (nSPS) is 15.1. The number of carbonyl (C=O) groups excluding carboxylic acids is 1. The van der Waals surface area contributed by atoms with Crippen molar-refractivity contribution in [2.24, 2.45) is 0 Å². The number of nitrogens with one attached hydrogen (secondary N) is 1. The van der Waals surface area contributed by atoms with E-state index in [9.17, 15) is 35.2 Å². The van der Waals surface area contributed by atoms with Gasteiger partial charge in [0.25, 0.3) is 5.91 Å². The van der Waals surface area contributed by atoms with Crippen LogP contribution < -0.4 is 10.2 Å². The molecule has 1 heterocycles. The molecule has 0 atom stereocenters. The van der Waals surface area contributed by atoms with Gasteiger partial charge in [-0.2, -0.15) is 17.5 Å². The molecular formula is C24H20F5N3O3S. The first-order valence-corrected chi connectivity index (χ1v) is 12.2. The molecule has 6 nitrogen and oxygen atoms in total. The van der Waals surface area contributed by atoms with Crippen LogP contribution in [0, 0.1) is 11.6 Å². The smallest absolute Gasteiger partial charge is 0.369 e. The van der Waals surface area contributed by atoms with E-state index in [1.165, 1.54) is 24.3 Å². The van der Waals surface area contributed by atoms with Gasteiger partial charge in [0, 0.05) is 37.4 Å². The first-order valence-electron chi connectivity index (χ1n) is 10.7. The number of alkyl halides is 3. The van der Waals surface area contributed by atoms with Crippen molar-refractivity contribution in [2.45, 2.75) is 11.1 Å². The van der Waals surface area contributed by atoms with Crippen LogP contribution in [0.25, 0.3) is 0 Å². The van der Waals surface area contributed by atoms with Crippen molar-refractivity contribution in [3.63, 3.8) is 0 Å². The zero-order valence-electron chi connectivity index (χ0n) is 18.6. The summed E-state index contributed by atoms with van der Waals surface area (Å²) in [6.45, 7) is 0.274. The average Bonchev–Trinajstić information content (AvgIpc) is 2.85. The van der Waals surface area contributed by atoms with Gasteiger partial charge in [0.2, 0.25) is 10.0 Å². The summed E-state index contributed by atoms with van der Waals surface area (Å²) >= 11 is 0. The zero-order valence-corrected chi connectivity index (χ0v) is 19.4. The second-order valence-corrected chi connectivity index (χ2v) is 9.98. The van der Waals surface area contributed by atoms with Crippen LogP contribution in [0.15, 0.2) is 71.6 Å². The molecule has 1 aliphatic heterocycles. The van der Waals surface area contributed by atoms with Crippen LogP contribution in [0.1, 0.15) is 15.9 Å². The first-order chi connectivity index (χ1) is 16.9. The van der Waals surface area contributed by atoms with Crippen LogP contribution in [-0.2, 0) is 16.2 Å². The molecule has 4 rings (SSSR count). The number of carbonyl (C=O) groups is 1. The minimum absolute atomic E-state index is 0.0107. The highest BCUT2D eigenvalue weighted by molar-refractivity contribution is 7.89. The third-order valence-corrected chi connectivity index (χ3v) is 7.60. The molecule has 12 heteroatoms. The van der Waals surface area contributed by atoms with Gasteiger partial charge < -0.3 is 10.2 Å². The number of anilines is 2. The topological polar surface area (TPSA) is 69.7 Å². The fourth-order valence-corrected chi connectivity index (χ4v) is 5.20. The van der Waals surface area contributed by atoms with E-state index in [1.54, 1.807) is 4.90 Å². The van der Waals surface area contributed by atoms with E-state index in [0.717, 1.165) is 46.8 Å². The molecule has 190 valence electrons. The van der Waals surface area contributed by atoms with Gasteiger partial charge in [0.1, 0.15) is 11.6 Å². The van der Waals surface area contributed by atoms with Crippen molar-refractivity contribution in [2.75, 3.05) is 36.4 Å². The van der Waals surface area contributed by atoms with E-state index < -0.39 is 39.3 Å². The predicted octanol–water partition coefficient (Wildman–Crippen LogP) is 4.75. The molecule has 1 fully saturated rings. The Morgan fingerprint density at radius 3 is 2.14 bits per heavy atom. The van der Waals surface area contributed by atoms with E-state index in [-0.39, 0.29) is 42.3 Å². The third-order valence-electron chi connectivity index (χ3n) is 5.71. The van der Waals surface area contributed by atoms with Gasteiger partial charge in [0.05, 0.1) is 16.1 Å². The minimum atomic E-state index is -4.49. The maximum absolute atomic E-state index is 14.6. The maximum atomic E-state index is 14.6. The molecule has 1 amide bonds. The molecule has 0 aromatic heterocycles. The average molecular weight is 525 g/mol. The Labute approximate surface area is 204 Å². The minimum Gasteiger partial charge on any atom is -0.369 e. The molecule has 0 aliphatic carbocycles. The summed E-state index contributed by atoms with van der Waals surface area (Å²) in [5.74, 6) is -2.22. The molecule has 3 aromatic rings. The zero-order chi connectivity index (χ0) is 26.1. The lowest BCUT2D eigenvalue weighted by Gasteiger charge is -2.35. The molecule has 0 bridgehead atoms. The fourth-order valence-electron chi connectivity index (χ4n) is 3.77. The second-order valence-electron chi connectivity index (χ2n) is 8.04. The van der Waals surface area contributed by atoms with Crippen molar-refractivity contribution in [3.05, 3.63) is 89.5 Å². The highest BCUT2D eigenvalue weighted by atomic mass is 32.2. The van der Waals surface area contributed by atoms with Crippen molar-refractivity contribution in [1.29, 1.82) is 0 Å². The Hall–Kier alpha value is -3.51. The number of hydrogen-bond donors (Lipinski definition) is 1. The van der Waals surface area contributed by atoms with E-state index in [1.807, 2.05) is 0 Å². The van der Waals surface area contributed by atoms with Crippen LogP contribution in [0.4, 0.5) is 33.3 Å². The van der Waals surface area contributed by atoms with Gasteiger partial charge in [-0.3, -0.25) is 4.79 Å². The van der Waals surface area contributed by atoms with Crippen molar-refractivity contribution in [3.8, 4) is 0 Å². The van der Waals surface area contributed by atoms with Crippen molar-refractivity contribution < 1.29 is 35.2 Å². The van der Waals surface area contributed by atoms with E-state index in [0.29, 0.717) is 5.69 Å². The standard InChI is InChI=1S/C24H20F5N3O3S/c25-18-6-4-16(5-7-18)23(33)30-22-9-8-20(15-21(22)26)36(34,35)32-12-10-31(11-13-32)19-3-1-2-17(14-19)24(27,28)29/h1-9,14-15H,10-13H2,(H,30,33). The Morgan fingerprint density at radius 1 is 0.861 bits per heavy atom. The van der Waals surface area contributed by atoms with E-state index >= 15 is 0 Å². The van der Waals surface area contributed by atoms with Gasteiger partial charge in [-0.15, -0.1) is 0 Å². The van der Waals surface area contributed by atoms with Gasteiger partial charge >= 0.3 is 6.18 Å². The molecule has 0 saturated carbocycles. The maximum Gasteiger partial charge on any atom is 0.416 e. The Bertz CT molecular complexity index is 1370. The molecule has 0 spiro atoms. The lowest BCUT2D eigenvalue weighted by molar-refractivity contribution is -0.137. The monoisotopic (exact) mass is 525 g/mol. The molecule has 1 aliphatic rings. The van der Waals surface area contributed by atoms with Gasteiger partial charge in [-0.25, -0.2) is 17.2 Å². The molecule has 1 N–H and O–H groups in total. The summed E-state index contributed by atoms with van der Waals surface area (Å²) in [5, 5.41) is 2.31. The van der Waals surface area contributed by atoms with E-state index in [2.05, 4.69) is 5.32 Å². The number of benzene rings is 3. The second kappa shape index (κ2) is 9.86. The molecule has 0 unspecified atom stereocenters. The quantitative estimate of drug-likeness (QED) is 0.489. The lowest BCUT2D eigenvalue weighted by atomic mass is 10.1. The SMILES string of the molecule is O=C(Nc1ccc(S(=O)(=O)N2CCN(c3cccc(C(F)(F)F)c3)CC2)cc1F)c1ccc(F)cc1. The number of halogens is 5. The van der Waals surface area contributed by atoms with Crippen LogP contribution in [0.2, 0.25) is 0 Å². The number of piperazine rings is 1. The number of amides is 1. The predicted molar refractivity (Wildman–Crippen MR) is 123 cm³/mol. The lowest BCUT2D eigenvalue weighted by Crippen LogP contribution is -2.48. The summed E-state index contributed by atoms with van der Waals surface area (Å²) in [5.41, 5.74) is -0.630. The summed E-state index contributed by atoms with van der Waals surface area (Å²) in [6, 6.07) is 12.4. The highest BCUT2D eigenvalue weighted by Crippen LogP contribution is 2.32.